The molecule has 28 heavy (non-hydrogen) atoms. The Bertz CT molecular complexity index is 672. The summed E-state index contributed by atoms with van der Waals surface area (Å²) in [5.41, 5.74) is 2.96. The maximum absolute atomic E-state index is 12.6. The molecule has 0 aromatic heterocycles. The number of hydrogen-bond acceptors (Lipinski definition) is 4. The van der Waals surface area contributed by atoms with Crippen molar-refractivity contribution in [3.05, 3.63) is 12.2 Å². The highest BCUT2D eigenvalue weighted by molar-refractivity contribution is 5.87. The van der Waals surface area contributed by atoms with Crippen LogP contribution in [-0.4, -0.2) is 31.7 Å². The summed E-state index contributed by atoms with van der Waals surface area (Å²) in [4.78, 5) is 18.2. The molecule has 156 valence electrons. The molecular weight excluding hydrogens is 348 g/mol. The van der Waals surface area contributed by atoms with Gasteiger partial charge in [0, 0.05) is 11.8 Å². The fraction of sp³-hybridized carbons (Fsp3) is 0.833. The third-order valence-corrected chi connectivity index (χ3v) is 9.03. The molecule has 4 aliphatic carbocycles. The van der Waals surface area contributed by atoms with E-state index in [1.165, 1.54) is 24.1 Å². The number of carbonyl (C=O) groups excluding carboxylic acids is 1. The first kappa shape index (κ1) is 20.1. The number of rotatable bonds is 5. The van der Waals surface area contributed by atoms with Crippen molar-refractivity contribution in [1.82, 2.24) is 5.32 Å². The highest BCUT2D eigenvalue weighted by atomic mass is 16.6. The minimum Gasteiger partial charge on any atom is -0.396 e. The third-order valence-electron chi connectivity index (χ3n) is 9.03. The molecule has 0 heterocycles. The van der Waals surface area contributed by atoms with Gasteiger partial charge in [0.2, 0.25) is 0 Å². The Balaban J connectivity index is 1.47. The number of allylic oxidation sites excluding steroid dienone is 1. The number of carbonyl (C=O) groups is 1. The molecule has 6 atom stereocenters. The van der Waals surface area contributed by atoms with E-state index in [4.69, 9.17) is 4.84 Å². The van der Waals surface area contributed by atoms with Crippen LogP contribution in [0.1, 0.15) is 71.6 Å². The van der Waals surface area contributed by atoms with Crippen molar-refractivity contribution in [3.63, 3.8) is 0 Å². The lowest BCUT2D eigenvalue weighted by Gasteiger charge is -2.60. The second-order valence-electron chi connectivity index (χ2n) is 10.4. The van der Waals surface area contributed by atoms with Gasteiger partial charge < -0.3 is 10.2 Å². The lowest BCUT2D eigenvalue weighted by molar-refractivity contribution is -0.133. The van der Waals surface area contributed by atoms with E-state index >= 15 is 0 Å². The zero-order chi connectivity index (χ0) is 19.9. The molecule has 0 radical (unpaired) electrons. The third kappa shape index (κ3) is 3.16. The van der Waals surface area contributed by atoms with Crippen molar-refractivity contribution in [3.8, 4) is 0 Å². The number of hydrogen-bond donors (Lipinski definition) is 1. The Kier molecular flexibility index (Phi) is 5.45. The average Bonchev–Trinajstić information content (AvgIpc) is 2.97. The molecule has 4 saturated carbocycles. The van der Waals surface area contributed by atoms with Crippen LogP contribution in [-0.2, 0) is 9.63 Å². The van der Waals surface area contributed by atoms with Crippen molar-refractivity contribution in [2.75, 3.05) is 20.2 Å². The second kappa shape index (κ2) is 7.59. The minimum absolute atomic E-state index is 0.0736. The van der Waals surface area contributed by atoms with E-state index in [9.17, 15) is 4.79 Å². The minimum atomic E-state index is -0.0736. The summed E-state index contributed by atoms with van der Waals surface area (Å²) < 4.78 is 0. The van der Waals surface area contributed by atoms with Crippen LogP contribution >= 0.6 is 0 Å². The van der Waals surface area contributed by atoms with Crippen molar-refractivity contribution in [2.24, 2.45) is 39.7 Å². The van der Waals surface area contributed by atoms with Crippen LogP contribution in [0, 0.1) is 34.5 Å². The highest BCUT2D eigenvalue weighted by Crippen LogP contribution is 2.66. The fourth-order valence-corrected chi connectivity index (χ4v) is 7.24. The van der Waals surface area contributed by atoms with Gasteiger partial charge in [-0.2, -0.15) is 0 Å². The molecule has 0 spiro atoms. The first-order chi connectivity index (χ1) is 13.4. The van der Waals surface area contributed by atoms with Crippen LogP contribution in [0.25, 0.3) is 0 Å². The molecule has 0 amide bonds. The standard InChI is InChI=1S/C24H38N2O2/c1-16-14-17-15-18(26-28-13-5-12-25-4)8-10-23(17,2)20-9-11-24(3)19(22(16)20)6-7-21(24)27/h17,19-20,22,25H,1,5-15H2,2-4H3/t17-,19-,20-,22-,23-,24-/m0/s1. The topological polar surface area (TPSA) is 50.7 Å². The van der Waals surface area contributed by atoms with Gasteiger partial charge in [-0.3, -0.25) is 4.79 Å². The van der Waals surface area contributed by atoms with Crippen molar-refractivity contribution < 1.29 is 9.63 Å². The average molecular weight is 387 g/mol. The van der Waals surface area contributed by atoms with Crippen LogP contribution in [0.5, 0.6) is 0 Å². The van der Waals surface area contributed by atoms with Crippen molar-refractivity contribution in [2.45, 2.75) is 71.6 Å². The molecule has 4 rings (SSSR count). The maximum Gasteiger partial charge on any atom is 0.139 e. The SMILES string of the molecule is C=C1C[C@H]2CC(=NOCCCNC)CC[C@]2(C)[C@H]2CC[C@]3(C)C(=O)CC[C@H]3[C@H]12. The maximum atomic E-state index is 12.6. The van der Waals surface area contributed by atoms with Gasteiger partial charge in [-0.05, 0) is 94.0 Å². The summed E-state index contributed by atoms with van der Waals surface area (Å²) in [6.45, 7) is 11.0. The molecule has 4 fully saturated rings. The fourth-order valence-electron chi connectivity index (χ4n) is 7.24. The molecule has 0 saturated heterocycles. The number of nitrogens with zero attached hydrogens (tertiary/aromatic N) is 1. The molecular formula is C24H38N2O2. The van der Waals surface area contributed by atoms with Crippen LogP contribution in [0.15, 0.2) is 17.3 Å². The summed E-state index contributed by atoms with van der Waals surface area (Å²) in [6.07, 6.45) is 9.60. The Hall–Kier alpha value is -1.16. The van der Waals surface area contributed by atoms with Crippen LogP contribution in [0.4, 0.5) is 0 Å². The first-order valence-electron chi connectivity index (χ1n) is 11.4. The highest BCUT2D eigenvalue weighted by Gasteiger charge is 2.61. The van der Waals surface area contributed by atoms with Gasteiger partial charge in [0.05, 0.1) is 5.71 Å². The molecule has 0 bridgehead atoms. The van der Waals surface area contributed by atoms with Gasteiger partial charge in [0.25, 0.3) is 0 Å². The monoisotopic (exact) mass is 386 g/mol. The first-order valence-corrected chi connectivity index (χ1v) is 11.4. The van der Waals surface area contributed by atoms with Gasteiger partial charge in [0.1, 0.15) is 12.4 Å². The second-order valence-corrected chi connectivity index (χ2v) is 10.4. The zero-order valence-electron chi connectivity index (χ0n) is 18.1. The summed E-state index contributed by atoms with van der Waals surface area (Å²) in [5.74, 6) is 2.94. The Morgan fingerprint density at radius 1 is 1.18 bits per heavy atom. The molecule has 0 aromatic rings. The number of nitrogens with one attached hydrogen (secondary N) is 1. The van der Waals surface area contributed by atoms with Gasteiger partial charge in [-0.15, -0.1) is 0 Å². The van der Waals surface area contributed by atoms with Crippen LogP contribution in [0.3, 0.4) is 0 Å². The Morgan fingerprint density at radius 2 is 2.00 bits per heavy atom. The lowest BCUT2D eigenvalue weighted by atomic mass is 9.44. The van der Waals surface area contributed by atoms with Crippen molar-refractivity contribution >= 4 is 11.5 Å². The van der Waals surface area contributed by atoms with Crippen molar-refractivity contribution in [1.29, 1.82) is 0 Å². The number of fused-ring (bicyclic) bond motifs is 5. The van der Waals surface area contributed by atoms with Crippen LogP contribution < -0.4 is 5.32 Å². The summed E-state index contributed by atoms with van der Waals surface area (Å²) in [5, 5.41) is 7.64. The smallest absolute Gasteiger partial charge is 0.139 e. The molecule has 4 nitrogen and oxygen atoms in total. The van der Waals surface area contributed by atoms with E-state index < -0.39 is 0 Å². The van der Waals surface area contributed by atoms with E-state index in [1.54, 1.807) is 0 Å². The Morgan fingerprint density at radius 3 is 2.79 bits per heavy atom. The zero-order valence-corrected chi connectivity index (χ0v) is 18.1. The predicted molar refractivity (Wildman–Crippen MR) is 113 cm³/mol. The summed E-state index contributed by atoms with van der Waals surface area (Å²) in [7, 11) is 1.96. The van der Waals surface area contributed by atoms with Gasteiger partial charge in [-0.25, -0.2) is 0 Å². The number of ketones is 1. The number of oxime groups is 1. The quantitative estimate of drug-likeness (QED) is 0.421. The molecule has 0 unspecified atom stereocenters. The molecule has 4 heteroatoms. The normalized spacial score (nSPS) is 44.2. The summed E-state index contributed by atoms with van der Waals surface area (Å²) in [6, 6.07) is 0. The van der Waals surface area contributed by atoms with E-state index in [0.717, 1.165) is 51.5 Å². The predicted octanol–water partition coefficient (Wildman–Crippen LogP) is 4.75. The van der Waals surface area contributed by atoms with Gasteiger partial charge >= 0.3 is 0 Å². The number of Topliss-reactive ketones (excluding diaryl/α,β-unsaturated/α-hetero) is 1. The molecule has 0 aromatic carbocycles. The molecule has 4 aliphatic rings. The Labute approximate surface area is 170 Å². The van der Waals surface area contributed by atoms with E-state index in [0.29, 0.717) is 41.5 Å². The lowest BCUT2D eigenvalue weighted by Crippen LogP contribution is -2.54. The largest absolute Gasteiger partial charge is 0.396 e. The van der Waals surface area contributed by atoms with E-state index in [2.05, 4.69) is 30.9 Å². The van der Waals surface area contributed by atoms with Gasteiger partial charge in [0.15, 0.2) is 0 Å². The summed E-state index contributed by atoms with van der Waals surface area (Å²) >= 11 is 0. The molecule has 0 aliphatic heterocycles. The van der Waals surface area contributed by atoms with Crippen LogP contribution in [0.2, 0.25) is 0 Å². The molecule has 1 N–H and O–H groups in total. The van der Waals surface area contributed by atoms with Gasteiger partial charge in [-0.1, -0.05) is 31.2 Å². The van der Waals surface area contributed by atoms with E-state index in [-0.39, 0.29) is 5.41 Å². The van der Waals surface area contributed by atoms with E-state index in [1.807, 2.05) is 7.05 Å².